The van der Waals surface area contributed by atoms with Crippen molar-refractivity contribution in [3.63, 3.8) is 0 Å². The Morgan fingerprint density at radius 3 is 1.91 bits per heavy atom. The minimum absolute atomic E-state index is 0. The van der Waals surface area contributed by atoms with Crippen LogP contribution in [0.1, 0.15) is 26.3 Å². The largest absolute Gasteiger partial charge is 0.291 e. The summed E-state index contributed by atoms with van der Waals surface area (Å²) >= 11 is 0. The molecule has 0 aliphatic carbocycles. The fourth-order valence-corrected chi connectivity index (χ4v) is 0.556. The van der Waals surface area contributed by atoms with Gasteiger partial charge in [0.05, 0.1) is 0 Å². The summed E-state index contributed by atoms with van der Waals surface area (Å²) in [5, 5.41) is 0. The van der Waals surface area contributed by atoms with Gasteiger partial charge in [-0.3, -0.25) is 4.98 Å². The van der Waals surface area contributed by atoms with Crippen LogP contribution in [0.25, 0.3) is 0 Å². The monoisotopic (exact) mass is 323 g/mol. The van der Waals surface area contributed by atoms with Gasteiger partial charge in [-0.15, -0.1) is 12.1 Å². The third-order valence-corrected chi connectivity index (χ3v) is 1.04. The Bertz CT molecular complexity index is 151. The zero-order valence-electron chi connectivity index (χ0n) is 7.21. The van der Waals surface area contributed by atoms with Crippen molar-refractivity contribution >= 4 is 0 Å². The van der Waals surface area contributed by atoms with E-state index in [-0.39, 0.29) is 20.4 Å². The first-order valence-corrected chi connectivity index (χ1v) is 3.63. The van der Waals surface area contributed by atoms with Gasteiger partial charge in [0.15, 0.2) is 0 Å². The average Bonchev–Trinajstić information content (AvgIpc) is 2.10. The number of rotatable bonds is 1. The summed E-state index contributed by atoms with van der Waals surface area (Å²) in [5.74, 6) is 0. The van der Waals surface area contributed by atoms with Crippen molar-refractivity contribution in [2.45, 2.75) is 20.8 Å². The Morgan fingerprint density at radius 1 is 1.18 bits per heavy atom. The molecule has 11 heavy (non-hydrogen) atoms. The molecule has 1 radical (unpaired) electrons. The predicted octanol–water partition coefficient (Wildman–Crippen LogP) is 2.68. The summed E-state index contributed by atoms with van der Waals surface area (Å²) in [4.78, 5) is 3.87. The minimum Gasteiger partial charge on any atom is -0.291 e. The molecule has 0 amide bonds. The number of hydrogen-bond donors (Lipinski definition) is 0. The molecule has 2 heteroatoms. The maximum absolute atomic E-state index is 3.87. The first-order chi connectivity index (χ1) is 4.93. The van der Waals surface area contributed by atoms with E-state index in [9.17, 15) is 0 Å². The van der Waals surface area contributed by atoms with Crippen molar-refractivity contribution in [1.82, 2.24) is 4.98 Å². The zero-order chi connectivity index (χ0) is 7.82. The molecule has 0 fully saturated rings. The van der Waals surface area contributed by atoms with E-state index < -0.39 is 0 Å². The summed E-state index contributed by atoms with van der Waals surface area (Å²) in [6.07, 6.45) is 5.62. The molecule has 0 aliphatic rings. The SMILES string of the molecule is CC.C[CH-]c1ccncc1.[Re]. The number of nitrogens with zero attached hydrogens (tertiary/aromatic N) is 1. The van der Waals surface area contributed by atoms with Gasteiger partial charge in [-0.05, 0) is 12.4 Å². The van der Waals surface area contributed by atoms with E-state index in [1.807, 2.05) is 39.3 Å². The minimum atomic E-state index is 0. The van der Waals surface area contributed by atoms with Gasteiger partial charge in [0.25, 0.3) is 0 Å². The van der Waals surface area contributed by atoms with Crippen LogP contribution in [-0.4, -0.2) is 4.98 Å². The smallest absolute Gasteiger partial charge is 0 e. The zero-order valence-corrected chi connectivity index (χ0v) is 9.93. The molecular weight excluding hydrogens is 308 g/mol. The van der Waals surface area contributed by atoms with Crippen LogP contribution >= 0.6 is 0 Å². The van der Waals surface area contributed by atoms with Crippen molar-refractivity contribution in [1.29, 1.82) is 0 Å². The van der Waals surface area contributed by atoms with Crippen molar-refractivity contribution in [3.05, 3.63) is 36.5 Å². The van der Waals surface area contributed by atoms with Crippen LogP contribution < -0.4 is 0 Å². The molecule has 1 heterocycles. The van der Waals surface area contributed by atoms with Crippen LogP contribution in [0, 0.1) is 6.42 Å². The second-order valence-corrected chi connectivity index (χ2v) is 1.57. The van der Waals surface area contributed by atoms with Gasteiger partial charge in [0.2, 0.25) is 0 Å². The summed E-state index contributed by atoms with van der Waals surface area (Å²) < 4.78 is 0. The van der Waals surface area contributed by atoms with Crippen molar-refractivity contribution in [2.75, 3.05) is 0 Å². The molecule has 0 N–H and O–H groups in total. The Labute approximate surface area is 82.9 Å². The van der Waals surface area contributed by atoms with Crippen molar-refractivity contribution in [3.8, 4) is 0 Å². The maximum atomic E-state index is 3.87. The van der Waals surface area contributed by atoms with Crippen LogP contribution in [0.2, 0.25) is 0 Å². The van der Waals surface area contributed by atoms with Gasteiger partial charge in [0.1, 0.15) is 0 Å². The second kappa shape index (κ2) is 9.68. The van der Waals surface area contributed by atoms with Crippen LogP contribution in [-0.2, 0) is 20.4 Å². The Balaban J connectivity index is 0. The quantitative estimate of drug-likeness (QED) is 0.725. The normalized spacial score (nSPS) is 6.82. The molecule has 1 nitrogen and oxygen atoms in total. The third kappa shape index (κ3) is 6.10. The molecule has 0 aliphatic heterocycles. The van der Waals surface area contributed by atoms with Gasteiger partial charge in [-0.2, -0.15) is 12.0 Å². The van der Waals surface area contributed by atoms with E-state index in [0.717, 1.165) is 0 Å². The van der Waals surface area contributed by atoms with Crippen LogP contribution in [0.15, 0.2) is 24.5 Å². The molecule has 0 aromatic carbocycles. The van der Waals surface area contributed by atoms with Crippen LogP contribution in [0.5, 0.6) is 0 Å². The second-order valence-electron chi connectivity index (χ2n) is 1.57. The van der Waals surface area contributed by atoms with E-state index in [1.165, 1.54) is 5.56 Å². The molecule has 0 spiro atoms. The molecule has 0 unspecified atom stereocenters. The third-order valence-electron chi connectivity index (χ3n) is 1.04. The molecule has 1 aromatic heterocycles. The summed E-state index contributed by atoms with van der Waals surface area (Å²) in [6.45, 7) is 6.01. The fourth-order valence-electron chi connectivity index (χ4n) is 0.556. The van der Waals surface area contributed by atoms with E-state index in [0.29, 0.717) is 0 Å². The van der Waals surface area contributed by atoms with E-state index in [1.54, 1.807) is 12.4 Å². The van der Waals surface area contributed by atoms with Crippen molar-refractivity contribution in [2.24, 2.45) is 0 Å². The summed E-state index contributed by atoms with van der Waals surface area (Å²) in [6, 6.07) is 3.94. The van der Waals surface area contributed by atoms with Gasteiger partial charge in [-0.25, -0.2) is 0 Å². The van der Waals surface area contributed by atoms with Gasteiger partial charge in [-0.1, -0.05) is 20.8 Å². The first kappa shape index (κ1) is 13.3. The Hall–Kier alpha value is -0.318. The molecule has 63 valence electrons. The summed E-state index contributed by atoms with van der Waals surface area (Å²) in [7, 11) is 0. The Morgan fingerprint density at radius 2 is 1.64 bits per heavy atom. The van der Waals surface area contributed by atoms with Crippen LogP contribution in [0.3, 0.4) is 0 Å². The average molecular weight is 322 g/mol. The number of pyridine rings is 1. The molecule has 0 saturated heterocycles. The first-order valence-electron chi connectivity index (χ1n) is 3.63. The standard InChI is InChI=1S/C7H8N.C2H6.Re/c1-2-7-3-5-8-6-4-7;1-2;/h2-6H,1H3;1-2H3;/q-1;;. The number of aromatic nitrogens is 1. The van der Waals surface area contributed by atoms with E-state index in [4.69, 9.17) is 0 Å². The Kier molecular flexibility index (Phi) is 11.7. The van der Waals surface area contributed by atoms with E-state index in [2.05, 4.69) is 4.98 Å². The van der Waals surface area contributed by atoms with Gasteiger partial charge < -0.3 is 0 Å². The molecule has 1 rings (SSSR count). The van der Waals surface area contributed by atoms with Crippen molar-refractivity contribution < 1.29 is 20.4 Å². The molecule has 0 saturated carbocycles. The predicted molar refractivity (Wildman–Crippen MR) is 44.7 cm³/mol. The fraction of sp³-hybridized carbons (Fsp3) is 0.333. The maximum Gasteiger partial charge on any atom is 0 e. The topological polar surface area (TPSA) is 12.9 Å². The van der Waals surface area contributed by atoms with Crippen LogP contribution in [0.4, 0.5) is 0 Å². The summed E-state index contributed by atoms with van der Waals surface area (Å²) in [5.41, 5.74) is 1.22. The molecule has 0 bridgehead atoms. The number of hydrogen-bond acceptors (Lipinski definition) is 1. The van der Waals surface area contributed by atoms with Gasteiger partial charge in [0, 0.05) is 20.4 Å². The van der Waals surface area contributed by atoms with Gasteiger partial charge >= 0.3 is 0 Å². The molecule has 1 aromatic rings. The molecule has 0 atom stereocenters. The van der Waals surface area contributed by atoms with E-state index >= 15 is 0 Å². The molecular formula is C9H14NRe-.